The van der Waals surface area contributed by atoms with E-state index >= 15 is 0 Å². The number of aliphatic hydroxyl groups excluding tert-OH is 1. The lowest BCUT2D eigenvalue weighted by atomic mass is 9.94. The predicted molar refractivity (Wildman–Crippen MR) is 84.6 cm³/mol. The molecule has 0 radical (unpaired) electrons. The third-order valence-electron chi connectivity index (χ3n) is 5.60. The summed E-state index contributed by atoms with van der Waals surface area (Å²) in [4.78, 5) is 17.0. The molecule has 3 fully saturated rings. The molecule has 0 unspecified atom stereocenters. The van der Waals surface area contributed by atoms with Gasteiger partial charge in [0, 0.05) is 31.6 Å². The van der Waals surface area contributed by atoms with E-state index < -0.39 is 0 Å². The quantitative estimate of drug-likeness (QED) is 0.852. The monoisotopic (exact) mass is 310 g/mol. The van der Waals surface area contributed by atoms with E-state index in [1.165, 1.54) is 12.8 Å². The molecular formula is C17H30N2O3. The van der Waals surface area contributed by atoms with Crippen LogP contribution in [0, 0.1) is 5.92 Å². The molecule has 3 atom stereocenters. The molecule has 1 amide bonds. The fourth-order valence-corrected chi connectivity index (χ4v) is 4.26. The highest BCUT2D eigenvalue weighted by molar-refractivity contribution is 5.78. The Labute approximate surface area is 133 Å². The number of carbonyl (C=O) groups excluding carboxylic acids is 1. The van der Waals surface area contributed by atoms with Crippen molar-refractivity contribution in [2.45, 2.75) is 57.1 Å². The molecular weight excluding hydrogens is 280 g/mol. The van der Waals surface area contributed by atoms with Gasteiger partial charge in [-0.2, -0.15) is 0 Å². The largest absolute Gasteiger partial charge is 0.393 e. The molecule has 0 aromatic rings. The average Bonchev–Trinajstić information content (AvgIpc) is 2.78. The van der Waals surface area contributed by atoms with Gasteiger partial charge in [0.1, 0.15) is 0 Å². The van der Waals surface area contributed by atoms with Crippen LogP contribution in [0.15, 0.2) is 0 Å². The highest BCUT2D eigenvalue weighted by atomic mass is 16.5. The van der Waals surface area contributed by atoms with Crippen LogP contribution in [0.1, 0.15) is 44.9 Å². The zero-order chi connectivity index (χ0) is 15.4. The molecule has 0 aromatic heterocycles. The zero-order valence-corrected chi connectivity index (χ0v) is 13.6. The topological polar surface area (TPSA) is 53.0 Å². The van der Waals surface area contributed by atoms with Gasteiger partial charge in [0.05, 0.1) is 25.9 Å². The van der Waals surface area contributed by atoms with Crippen LogP contribution in [0.25, 0.3) is 0 Å². The number of amides is 1. The molecule has 5 nitrogen and oxygen atoms in total. The first-order valence-electron chi connectivity index (χ1n) is 9.03. The summed E-state index contributed by atoms with van der Waals surface area (Å²) in [6.45, 7) is 4.51. The van der Waals surface area contributed by atoms with Crippen molar-refractivity contribution in [3.8, 4) is 0 Å². The number of hydrogen-bond donors (Lipinski definition) is 1. The minimum absolute atomic E-state index is 0.210. The molecule has 1 aliphatic carbocycles. The summed E-state index contributed by atoms with van der Waals surface area (Å²) in [5.74, 6) is 0.540. The highest BCUT2D eigenvalue weighted by Crippen LogP contribution is 2.32. The first-order valence-corrected chi connectivity index (χ1v) is 9.03. The van der Waals surface area contributed by atoms with E-state index in [1.807, 2.05) is 4.90 Å². The molecule has 0 bridgehead atoms. The van der Waals surface area contributed by atoms with E-state index in [0.29, 0.717) is 19.8 Å². The van der Waals surface area contributed by atoms with Crippen molar-refractivity contribution >= 4 is 5.91 Å². The van der Waals surface area contributed by atoms with Crippen LogP contribution in [0.5, 0.6) is 0 Å². The number of nitrogens with zero attached hydrogens (tertiary/aromatic N) is 2. The normalized spacial score (nSPS) is 34.6. The molecule has 5 heteroatoms. The van der Waals surface area contributed by atoms with Gasteiger partial charge in [-0.05, 0) is 25.7 Å². The van der Waals surface area contributed by atoms with Gasteiger partial charge < -0.3 is 14.7 Å². The van der Waals surface area contributed by atoms with Crippen molar-refractivity contribution in [1.29, 1.82) is 0 Å². The third-order valence-corrected chi connectivity index (χ3v) is 5.60. The van der Waals surface area contributed by atoms with Gasteiger partial charge >= 0.3 is 0 Å². The molecule has 3 aliphatic rings. The van der Waals surface area contributed by atoms with E-state index in [2.05, 4.69) is 4.90 Å². The van der Waals surface area contributed by atoms with Gasteiger partial charge in [0.25, 0.3) is 0 Å². The summed E-state index contributed by atoms with van der Waals surface area (Å²) in [6, 6.07) is 0.210. The Balaban J connectivity index is 1.59. The van der Waals surface area contributed by atoms with Gasteiger partial charge in [-0.3, -0.25) is 9.69 Å². The first kappa shape index (κ1) is 16.2. The lowest BCUT2D eigenvalue weighted by Crippen LogP contribution is -2.54. The Bertz CT molecular complexity index is 369. The maximum Gasteiger partial charge on any atom is 0.236 e. The van der Waals surface area contributed by atoms with E-state index in [4.69, 9.17) is 4.74 Å². The molecule has 3 rings (SSSR count). The molecule has 22 heavy (non-hydrogen) atoms. The van der Waals surface area contributed by atoms with Crippen molar-refractivity contribution in [3.05, 3.63) is 0 Å². The number of rotatable bonds is 3. The van der Waals surface area contributed by atoms with E-state index in [-0.39, 0.29) is 24.0 Å². The minimum atomic E-state index is -0.220. The lowest BCUT2D eigenvalue weighted by molar-refractivity contribution is -0.136. The summed E-state index contributed by atoms with van der Waals surface area (Å²) < 4.78 is 5.64. The molecule has 126 valence electrons. The molecule has 2 saturated heterocycles. The van der Waals surface area contributed by atoms with Crippen LogP contribution in [0.4, 0.5) is 0 Å². The zero-order valence-electron chi connectivity index (χ0n) is 13.6. The molecule has 0 spiro atoms. The van der Waals surface area contributed by atoms with E-state index in [0.717, 1.165) is 51.7 Å². The van der Waals surface area contributed by atoms with Crippen LogP contribution < -0.4 is 0 Å². The summed E-state index contributed by atoms with van der Waals surface area (Å²) in [6.07, 6.45) is 7.60. The van der Waals surface area contributed by atoms with Crippen molar-refractivity contribution < 1.29 is 14.6 Å². The maximum atomic E-state index is 12.6. The second kappa shape index (κ2) is 7.75. The van der Waals surface area contributed by atoms with Gasteiger partial charge in [-0.1, -0.05) is 19.3 Å². The van der Waals surface area contributed by atoms with Crippen LogP contribution in [-0.2, 0) is 9.53 Å². The molecule has 2 heterocycles. The van der Waals surface area contributed by atoms with Crippen LogP contribution in [-0.4, -0.2) is 72.4 Å². The second-order valence-electron chi connectivity index (χ2n) is 7.07. The summed E-state index contributed by atoms with van der Waals surface area (Å²) in [5, 5.41) is 10.2. The molecule has 1 N–H and O–H groups in total. The second-order valence-corrected chi connectivity index (χ2v) is 7.07. The maximum absolute atomic E-state index is 12.6. The Morgan fingerprint density at radius 2 is 1.82 bits per heavy atom. The lowest BCUT2D eigenvalue weighted by Gasteiger charge is -2.40. The highest BCUT2D eigenvalue weighted by Gasteiger charge is 2.38. The number of carbonyl (C=O) groups is 1. The molecule has 0 aromatic carbocycles. The van der Waals surface area contributed by atoms with E-state index in [1.54, 1.807) is 0 Å². The number of hydrogen-bond acceptors (Lipinski definition) is 4. The van der Waals surface area contributed by atoms with Crippen molar-refractivity contribution in [3.63, 3.8) is 0 Å². The van der Waals surface area contributed by atoms with Gasteiger partial charge in [-0.25, -0.2) is 0 Å². The Morgan fingerprint density at radius 3 is 2.50 bits per heavy atom. The fourth-order valence-electron chi connectivity index (χ4n) is 4.26. The Hall–Kier alpha value is -0.650. The van der Waals surface area contributed by atoms with Gasteiger partial charge in [0.2, 0.25) is 5.91 Å². The van der Waals surface area contributed by atoms with Crippen LogP contribution in [0.3, 0.4) is 0 Å². The predicted octanol–water partition coefficient (Wildman–Crippen LogP) is 1.25. The van der Waals surface area contributed by atoms with Crippen molar-refractivity contribution in [1.82, 2.24) is 9.80 Å². The van der Waals surface area contributed by atoms with E-state index in [9.17, 15) is 9.90 Å². The van der Waals surface area contributed by atoms with Crippen molar-refractivity contribution in [2.75, 3.05) is 39.4 Å². The van der Waals surface area contributed by atoms with Gasteiger partial charge in [0.15, 0.2) is 0 Å². The number of ether oxygens (including phenoxy) is 1. The summed E-state index contributed by atoms with van der Waals surface area (Å²) in [7, 11) is 0. The fraction of sp³-hybridized carbons (Fsp3) is 0.941. The third kappa shape index (κ3) is 3.81. The number of morpholine rings is 1. The Kier molecular flexibility index (Phi) is 5.71. The summed E-state index contributed by atoms with van der Waals surface area (Å²) >= 11 is 0. The van der Waals surface area contributed by atoms with Crippen LogP contribution >= 0.6 is 0 Å². The molecule has 2 aliphatic heterocycles. The minimum Gasteiger partial charge on any atom is -0.393 e. The van der Waals surface area contributed by atoms with Crippen molar-refractivity contribution in [2.24, 2.45) is 5.92 Å². The molecule has 1 saturated carbocycles. The first-order chi connectivity index (χ1) is 10.8. The SMILES string of the molecule is O=C(CN1CCOC[C@@H]1[C@@H]1CCC[C@H]1O)N1CCCCCC1. The van der Waals surface area contributed by atoms with Crippen LogP contribution in [0.2, 0.25) is 0 Å². The number of aliphatic hydroxyl groups is 1. The van der Waals surface area contributed by atoms with Gasteiger partial charge in [-0.15, -0.1) is 0 Å². The smallest absolute Gasteiger partial charge is 0.236 e. The number of likely N-dealkylation sites (tertiary alicyclic amines) is 1. The average molecular weight is 310 g/mol. The standard InChI is InChI=1S/C17H30N2O3/c20-16-7-5-6-14(16)15-13-22-11-10-19(15)12-17(21)18-8-3-1-2-4-9-18/h14-16,20H,1-13H2/t14-,15+,16+/m0/s1. The summed E-state index contributed by atoms with van der Waals surface area (Å²) in [5.41, 5.74) is 0. The Morgan fingerprint density at radius 1 is 1.05 bits per heavy atom.